The van der Waals surface area contributed by atoms with Crippen molar-refractivity contribution in [1.82, 2.24) is 10.6 Å². The molecule has 1 aliphatic heterocycles. The van der Waals surface area contributed by atoms with E-state index < -0.39 is 4.92 Å². The average Bonchev–Trinajstić information content (AvgIpc) is 2.65. The molecule has 1 aliphatic rings. The fourth-order valence-corrected chi connectivity index (χ4v) is 1.56. The normalized spacial score (nSPS) is 19.0. The number of nitro benzene ring substituents is 1. The fraction of sp³-hybridized carbons (Fsp3) is 0.222. The zero-order valence-corrected chi connectivity index (χ0v) is 8.14. The molecule has 84 valence electrons. The Labute approximate surface area is 90.2 Å². The number of phenolic OH excluding ortho intramolecular Hbond substituents is 1. The molecule has 0 spiro atoms. The smallest absolute Gasteiger partial charge is 0.315 e. The van der Waals surface area contributed by atoms with Gasteiger partial charge in [0, 0.05) is 12.6 Å². The third-order valence-electron chi connectivity index (χ3n) is 2.37. The molecule has 1 fully saturated rings. The van der Waals surface area contributed by atoms with E-state index in [9.17, 15) is 20.0 Å². The van der Waals surface area contributed by atoms with Gasteiger partial charge in [-0.2, -0.15) is 0 Å². The minimum Gasteiger partial charge on any atom is -0.502 e. The number of hydrogen-bond donors (Lipinski definition) is 3. The SMILES string of the molecule is O=C1NC[C@H](c2ccc(O)c([N+](=O)[O-])c2)N1. The summed E-state index contributed by atoms with van der Waals surface area (Å²) >= 11 is 0. The van der Waals surface area contributed by atoms with Crippen molar-refractivity contribution in [3.8, 4) is 5.75 Å². The molecule has 0 bridgehead atoms. The Hall–Kier alpha value is -2.31. The molecular formula is C9H9N3O4. The maximum absolute atomic E-state index is 10.9. The van der Waals surface area contributed by atoms with Crippen LogP contribution in [0, 0.1) is 10.1 Å². The number of rotatable bonds is 2. The van der Waals surface area contributed by atoms with Gasteiger partial charge in [0.2, 0.25) is 0 Å². The van der Waals surface area contributed by atoms with E-state index in [1.54, 1.807) is 6.07 Å². The van der Waals surface area contributed by atoms with Crippen molar-refractivity contribution >= 4 is 11.7 Å². The number of urea groups is 1. The molecule has 7 heteroatoms. The molecule has 0 aromatic heterocycles. The second kappa shape index (κ2) is 3.69. The first kappa shape index (κ1) is 10.2. The number of nitro groups is 1. The van der Waals surface area contributed by atoms with Gasteiger partial charge in [0.25, 0.3) is 0 Å². The molecule has 0 radical (unpaired) electrons. The molecule has 0 saturated carbocycles. The van der Waals surface area contributed by atoms with Crippen molar-refractivity contribution in [3.05, 3.63) is 33.9 Å². The van der Waals surface area contributed by atoms with E-state index in [-0.39, 0.29) is 23.5 Å². The molecule has 1 aromatic carbocycles. The summed E-state index contributed by atoms with van der Waals surface area (Å²) in [4.78, 5) is 20.8. The summed E-state index contributed by atoms with van der Waals surface area (Å²) in [6.07, 6.45) is 0. The Kier molecular flexibility index (Phi) is 2.35. The van der Waals surface area contributed by atoms with E-state index in [0.717, 1.165) is 0 Å². The Morgan fingerprint density at radius 1 is 1.50 bits per heavy atom. The molecule has 0 unspecified atom stereocenters. The van der Waals surface area contributed by atoms with Gasteiger partial charge < -0.3 is 15.7 Å². The van der Waals surface area contributed by atoms with Crippen molar-refractivity contribution < 1.29 is 14.8 Å². The molecule has 2 rings (SSSR count). The Morgan fingerprint density at radius 2 is 2.25 bits per heavy atom. The highest BCUT2D eigenvalue weighted by molar-refractivity contribution is 5.77. The molecule has 1 heterocycles. The van der Waals surface area contributed by atoms with Gasteiger partial charge in [0.15, 0.2) is 5.75 Å². The van der Waals surface area contributed by atoms with Gasteiger partial charge in [-0.3, -0.25) is 10.1 Å². The first-order valence-corrected chi connectivity index (χ1v) is 4.59. The van der Waals surface area contributed by atoms with Crippen LogP contribution >= 0.6 is 0 Å². The monoisotopic (exact) mass is 223 g/mol. The number of hydrogen-bond acceptors (Lipinski definition) is 4. The third-order valence-corrected chi connectivity index (χ3v) is 2.37. The molecule has 1 saturated heterocycles. The molecule has 1 aromatic rings. The number of benzene rings is 1. The fourth-order valence-electron chi connectivity index (χ4n) is 1.56. The summed E-state index contributed by atoms with van der Waals surface area (Å²) in [7, 11) is 0. The molecule has 3 N–H and O–H groups in total. The van der Waals surface area contributed by atoms with E-state index in [0.29, 0.717) is 12.1 Å². The largest absolute Gasteiger partial charge is 0.502 e. The lowest BCUT2D eigenvalue weighted by Gasteiger charge is -2.08. The van der Waals surface area contributed by atoms with Crippen LogP contribution in [0.1, 0.15) is 11.6 Å². The van der Waals surface area contributed by atoms with Crippen molar-refractivity contribution in [3.63, 3.8) is 0 Å². The molecule has 0 aliphatic carbocycles. The van der Waals surface area contributed by atoms with Gasteiger partial charge in [0.1, 0.15) is 0 Å². The zero-order chi connectivity index (χ0) is 11.7. The van der Waals surface area contributed by atoms with Gasteiger partial charge in [-0.15, -0.1) is 0 Å². The van der Waals surface area contributed by atoms with Gasteiger partial charge >= 0.3 is 11.7 Å². The Balaban J connectivity index is 2.32. The molecule has 2 amide bonds. The van der Waals surface area contributed by atoms with Gasteiger partial charge in [-0.05, 0) is 11.6 Å². The van der Waals surface area contributed by atoms with Gasteiger partial charge in [-0.25, -0.2) is 4.79 Å². The van der Waals surface area contributed by atoms with Crippen molar-refractivity contribution in [2.45, 2.75) is 6.04 Å². The van der Waals surface area contributed by atoms with Gasteiger partial charge in [-0.1, -0.05) is 6.07 Å². The third kappa shape index (κ3) is 1.74. The predicted octanol–water partition coefficient (Wildman–Crippen LogP) is 0.654. The summed E-state index contributed by atoms with van der Waals surface area (Å²) in [5, 5.41) is 25.0. The number of nitrogens with one attached hydrogen (secondary N) is 2. The van der Waals surface area contributed by atoms with Crippen LogP contribution in [0.5, 0.6) is 5.75 Å². The van der Waals surface area contributed by atoms with E-state index in [1.165, 1.54) is 12.1 Å². The minimum absolute atomic E-state index is 0.299. The Bertz CT molecular complexity index is 460. The number of carbonyl (C=O) groups is 1. The lowest BCUT2D eigenvalue weighted by atomic mass is 10.1. The lowest BCUT2D eigenvalue weighted by Crippen LogP contribution is -2.21. The van der Waals surface area contributed by atoms with Crippen LogP contribution in [0.3, 0.4) is 0 Å². The van der Waals surface area contributed by atoms with Crippen LogP contribution in [0.2, 0.25) is 0 Å². The van der Waals surface area contributed by atoms with Crippen LogP contribution in [-0.4, -0.2) is 22.6 Å². The summed E-state index contributed by atoms with van der Waals surface area (Å²) in [6.45, 7) is 0.376. The maximum atomic E-state index is 10.9. The molecular weight excluding hydrogens is 214 g/mol. The Morgan fingerprint density at radius 3 is 2.81 bits per heavy atom. The van der Waals surface area contributed by atoms with Crippen LogP contribution in [0.15, 0.2) is 18.2 Å². The van der Waals surface area contributed by atoms with Crippen molar-refractivity contribution in [2.24, 2.45) is 0 Å². The first-order valence-electron chi connectivity index (χ1n) is 4.59. The lowest BCUT2D eigenvalue weighted by molar-refractivity contribution is -0.385. The average molecular weight is 223 g/mol. The van der Waals surface area contributed by atoms with Gasteiger partial charge in [0.05, 0.1) is 11.0 Å². The van der Waals surface area contributed by atoms with Crippen LogP contribution in [0.25, 0.3) is 0 Å². The summed E-state index contributed by atoms with van der Waals surface area (Å²) in [5.41, 5.74) is 0.224. The number of aromatic hydroxyl groups is 1. The van der Waals surface area contributed by atoms with E-state index >= 15 is 0 Å². The van der Waals surface area contributed by atoms with E-state index in [1.807, 2.05) is 0 Å². The number of amides is 2. The highest BCUT2D eigenvalue weighted by Crippen LogP contribution is 2.29. The highest BCUT2D eigenvalue weighted by atomic mass is 16.6. The number of nitrogens with zero attached hydrogens (tertiary/aromatic N) is 1. The van der Waals surface area contributed by atoms with Crippen molar-refractivity contribution in [2.75, 3.05) is 6.54 Å². The van der Waals surface area contributed by atoms with Crippen LogP contribution in [-0.2, 0) is 0 Å². The quantitative estimate of drug-likeness (QED) is 0.505. The summed E-state index contributed by atoms with van der Waals surface area (Å²) < 4.78 is 0. The second-order valence-corrected chi connectivity index (χ2v) is 3.41. The standard InChI is InChI=1S/C9H9N3O4/c13-8-2-1-5(3-7(8)12(15)16)6-4-10-9(14)11-6/h1-3,6,13H,4H2,(H2,10,11,14)/t6-/m1/s1. The molecule has 16 heavy (non-hydrogen) atoms. The number of carbonyl (C=O) groups excluding carboxylic acids is 1. The first-order chi connectivity index (χ1) is 7.58. The minimum atomic E-state index is -0.664. The summed E-state index contributed by atoms with van der Waals surface area (Å²) in [6, 6.07) is 3.44. The predicted molar refractivity (Wildman–Crippen MR) is 54.0 cm³/mol. The summed E-state index contributed by atoms with van der Waals surface area (Å²) in [5.74, 6) is -0.383. The van der Waals surface area contributed by atoms with Crippen LogP contribution in [0.4, 0.5) is 10.5 Å². The second-order valence-electron chi connectivity index (χ2n) is 3.41. The molecule has 7 nitrogen and oxygen atoms in total. The van der Waals surface area contributed by atoms with Crippen LogP contribution < -0.4 is 10.6 Å². The number of phenols is 1. The van der Waals surface area contributed by atoms with Crippen molar-refractivity contribution in [1.29, 1.82) is 0 Å². The van der Waals surface area contributed by atoms with E-state index in [4.69, 9.17) is 0 Å². The highest BCUT2D eigenvalue weighted by Gasteiger charge is 2.24. The topological polar surface area (TPSA) is 104 Å². The molecule has 1 atom stereocenters. The zero-order valence-electron chi connectivity index (χ0n) is 8.14. The van der Waals surface area contributed by atoms with E-state index in [2.05, 4.69) is 10.6 Å². The maximum Gasteiger partial charge on any atom is 0.315 e.